The van der Waals surface area contributed by atoms with Crippen LogP contribution in [0.2, 0.25) is 0 Å². The van der Waals surface area contributed by atoms with Crippen molar-refractivity contribution in [3.05, 3.63) is 114 Å². The second kappa shape index (κ2) is 11.3. The van der Waals surface area contributed by atoms with Gasteiger partial charge in [0.25, 0.3) is 5.91 Å². The lowest BCUT2D eigenvalue weighted by atomic mass is 9.96. The molecule has 7 heteroatoms. The van der Waals surface area contributed by atoms with Gasteiger partial charge in [0, 0.05) is 17.2 Å². The van der Waals surface area contributed by atoms with Crippen LogP contribution in [0.3, 0.4) is 0 Å². The lowest BCUT2D eigenvalue weighted by molar-refractivity contribution is -0.929. The average Bonchev–Trinajstić information content (AvgIpc) is 2.89. The van der Waals surface area contributed by atoms with Gasteiger partial charge in [-0.1, -0.05) is 72.8 Å². The Morgan fingerprint density at radius 2 is 1.34 bits per heavy atom. The number of carboxylic acids is 1. The molecule has 4 rings (SSSR count). The largest absolute Gasteiger partial charge is 0.545 e. The Morgan fingerprint density at radius 1 is 0.800 bits per heavy atom. The van der Waals surface area contributed by atoms with E-state index in [1.54, 1.807) is 29.2 Å². The van der Waals surface area contributed by atoms with E-state index in [9.17, 15) is 19.5 Å². The quantitative estimate of drug-likeness (QED) is 0.506. The summed E-state index contributed by atoms with van der Waals surface area (Å²) in [5.74, 6) is -2.27. The van der Waals surface area contributed by atoms with Gasteiger partial charge >= 0.3 is 0 Å². The SMILES string of the molecule is O=C([O-])/C=C/C(=O)Nc1ccccc1C(=O)N1CC[NH+](C(c2ccccc2)c2ccccc2)CC1. The van der Waals surface area contributed by atoms with Crippen molar-refractivity contribution >= 4 is 23.5 Å². The molecule has 0 atom stereocenters. The maximum absolute atomic E-state index is 13.3. The topological polar surface area (TPSA) is 94.0 Å². The number of amides is 2. The third kappa shape index (κ3) is 6.02. The highest BCUT2D eigenvalue weighted by molar-refractivity contribution is 6.07. The highest BCUT2D eigenvalue weighted by atomic mass is 16.4. The van der Waals surface area contributed by atoms with Gasteiger partial charge in [0.05, 0.1) is 43.4 Å². The summed E-state index contributed by atoms with van der Waals surface area (Å²) in [6.45, 7) is 2.72. The Labute approximate surface area is 204 Å². The van der Waals surface area contributed by atoms with Gasteiger partial charge in [-0.2, -0.15) is 0 Å². The summed E-state index contributed by atoms with van der Waals surface area (Å²) in [5, 5.41) is 13.1. The third-order valence-corrected chi connectivity index (χ3v) is 6.15. The molecule has 2 N–H and O–H groups in total. The minimum absolute atomic E-state index is 0.167. The van der Waals surface area contributed by atoms with E-state index in [4.69, 9.17) is 0 Å². The number of hydrogen-bond acceptors (Lipinski definition) is 4. The number of para-hydroxylation sites is 1. The van der Waals surface area contributed by atoms with Crippen molar-refractivity contribution in [3.8, 4) is 0 Å². The fourth-order valence-electron chi connectivity index (χ4n) is 4.51. The molecule has 0 saturated carbocycles. The molecule has 1 saturated heterocycles. The van der Waals surface area contributed by atoms with Crippen LogP contribution < -0.4 is 15.3 Å². The van der Waals surface area contributed by atoms with Crippen LogP contribution >= 0.6 is 0 Å². The number of carbonyl (C=O) groups is 3. The van der Waals surface area contributed by atoms with E-state index >= 15 is 0 Å². The first-order valence-corrected chi connectivity index (χ1v) is 11.6. The van der Waals surface area contributed by atoms with Gasteiger partial charge in [0.2, 0.25) is 5.91 Å². The number of anilines is 1. The monoisotopic (exact) mass is 469 g/mol. The zero-order valence-electron chi connectivity index (χ0n) is 19.2. The van der Waals surface area contributed by atoms with Crippen LogP contribution in [0, 0.1) is 0 Å². The van der Waals surface area contributed by atoms with E-state index in [0.29, 0.717) is 30.4 Å². The van der Waals surface area contributed by atoms with Gasteiger partial charge in [-0.25, -0.2) is 0 Å². The normalized spacial score (nSPS) is 14.3. The molecule has 0 aliphatic carbocycles. The van der Waals surface area contributed by atoms with Crippen molar-refractivity contribution in [1.29, 1.82) is 0 Å². The van der Waals surface area contributed by atoms with Crippen molar-refractivity contribution in [2.24, 2.45) is 0 Å². The Kier molecular flexibility index (Phi) is 7.70. The van der Waals surface area contributed by atoms with Gasteiger partial charge in [-0.05, 0) is 18.2 Å². The second-order valence-corrected chi connectivity index (χ2v) is 8.39. The lowest BCUT2D eigenvalue weighted by Gasteiger charge is -2.37. The van der Waals surface area contributed by atoms with Crippen LogP contribution in [0.4, 0.5) is 5.69 Å². The number of rotatable bonds is 7. The van der Waals surface area contributed by atoms with E-state index in [2.05, 4.69) is 53.8 Å². The number of quaternary nitrogens is 1. The summed E-state index contributed by atoms with van der Waals surface area (Å²) in [4.78, 5) is 39.1. The Hall–Kier alpha value is -4.23. The Bertz CT molecular complexity index is 1160. The molecular formula is C28H27N3O4. The van der Waals surface area contributed by atoms with Crippen molar-refractivity contribution in [2.45, 2.75) is 6.04 Å². The van der Waals surface area contributed by atoms with E-state index in [0.717, 1.165) is 19.2 Å². The lowest BCUT2D eigenvalue weighted by Crippen LogP contribution is -3.15. The third-order valence-electron chi connectivity index (χ3n) is 6.15. The second-order valence-electron chi connectivity index (χ2n) is 8.39. The minimum Gasteiger partial charge on any atom is -0.545 e. The highest BCUT2D eigenvalue weighted by Crippen LogP contribution is 2.21. The van der Waals surface area contributed by atoms with Gasteiger partial charge in [-0.15, -0.1) is 0 Å². The molecule has 0 aromatic heterocycles. The molecule has 0 bridgehead atoms. The van der Waals surface area contributed by atoms with Crippen molar-refractivity contribution in [2.75, 3.05) is 31.5 Å². The molecule has 2 amide bonds. The molecule has 1 aliphatic rings. The van der Waals surface area contributed by atoms with Crippen molar-refractivity contribution in [3.63, 3.8) is 0 Å². The summed E-state index contributed by atoms with van der Waals surface area (Å²) in [6, 6.07) is 27.8. The summed E-state index contributed by atoms with van der Waals surface area (Å²) in [5.41, 5.74) is 3.19. The summed E-state index contributed by atoms with van der Waals surface area (Å²) < 4.78 is 0. The molecule has 1 heterocycles. The van der Waals surface area contributed by atoms with Gasteiger partial charge < -0.3 is 25.0 Å². The molecule has 1 aliphatic heterocycles. The maximum atomic E-state index is 13.3. The Morgan fingerprint density at radius 3 is 1.91 bits per heavy atom. The Balaban J connectivity index is 1.47. The van der Waals surface area contributed by atoms with Crippen molar-refractivity contribution < 1.29 is 24.4 Å². The van der Waals surface area contributed by atoms with E-state index < -0.39 is 11.9 Å². The van der Waals surface area contributed by atoms with Crippen LogP contribution in [-0.4, -0.2) is 48.9 Å². The van der Waals surface area contributed by atoms with E-state index in [1.165, 1.54) is 16.0 Å². The van der Waals surface area contributed by atoms with E-state index in [-0.39, 0.29) is 11.9 Å². The highest BCUT2D eigenvalue weighted by Gasteiger charge is 2.32. The molecule has 3 aromatic rings. The summed E-state index contributed by atoms with van der Waals surface area (Å²) >= 11 is 0. The number of hydrogen-bond donors (Lipinski definition) is 2. The molecule has 0 spiro atoms. The predicted octanol–water partition coefficient (Wildman–Crippen LogP) is 1.06. The molecule has 3 aromatic carbocycles. The maximum Gasteiger partial charge on any atom is 0.256 e. The molecule has 178 valence electrons. The van der Waals surface area contributed by atoms with Crippen LogP contribution in [-0.2, 0) is 9.59 Å². The zero-order valence-corrected chi connectivity index (χ0v) is 19.2. The zero-order chi connectivity index (χ0) is 24.6. The molecule has 1 fully saturated rings. The number of nitrogens with one attached hydrogen (secondary N) is 2. The van der Waals surface area contributed by atoms with Crippen LogP contribution in [0.1, 0.15) is 27.5 Å². The van der Waals surface area contributed by atoms with E-state index in [1.807, 2.05) is 12.1 Å². The number of carboxylic acid groups (broad SMARTS) is 1. The molecule has 0 radical (unpaired) electrons. The summed E-state index contributed by atoms with van der Waals surface area (Å²) in [7, 11) is 0. The van der Waals surface area contributed by atoms with Gasteiger partial charge in [-0.3, -0.25) is 9.59 Å². The first-order valence-electron chi connectivity index (χ1n) is 11.6. The minimum atomic E-state index is -1.46. The fraction of sp³-hybridized carbons (Fsp3) is 0.179. The van der Waals surface area contributed by atoms with Gasteiger partial charge in [0.1, 0.15) is 6.04 Å². The van der Waals surface area contributed by atoms with Crippen LogP contribution in [0.25, 0.3) is 0 Å². The number of piperazine rings is 1. The summed E-state index contributed by atoms with van der Waals surface area (Å²) in [6.07, 6.45) is 1.52. The molecular weight excluding hydrogens is 442 g/mol. The molecule has 35 heavy (non-hydrogen) atoms. The standard InChI is InChI=1S/C28H27N3O4/c32-25(15-16-26(33)34)29-24-14-8-7-13-23(24)28(35)31-19-17-30(18-20-31)27(21-9-3-1-4-10-21)22-11-5-2-6-12-22/h1-16,27H,17-20H2,(H,29,32)(H,33,34)/b16-15+. The smallest absolute Gasteiger partial charge is 0.256 e. The van der Waals surface area contributed by atoms with Crippen LogP contribution in [0.5, 0.6) is 0 Å². The fourth-order valence-corrected chi connectivity index (χ4v) is 4.51. The van der Waals surface area contributed by atoms with Crippen LogP contribution in [0.15, 0.2) is 97.1 Å². The first kappa shape index (κ1) is 23.9. The van der Waals surface area contributed by atoms with Gasteiger partial charge in [0.15, 0.2) is 0 Å². The number of carbonyl (C=O) groups excluding carboxylic acids is 3. The molecule has 7 nitrogen and oxygen atoms in total. The number of aliphatic carboxylic acids is 1. The molecule has 0 unspecified atom stereocenters. The average molecular weight is 470 g/mol. The number of nitrogens with zero attached hydrogens (tertiary/aromatic N) is 1. The van der Waals surface area contributed by atoms with Crippen molar-refractivity contribution in [1.82, 2.24) is 4.90 Å². The number of benzene rings is 3. The predicted molar refractivity (Wildman–Crippen MR) is 131 cm³/mol. The first-order chi connectivity index (χ1) is 17.0.